The van der Waals surface area contributed by atoms with Gasteiger partial charge in [-0.15, -0.1) is 0 Å². The van der Waals surface area contributed by atoms with Crippen LogP contribution in [0.3, 0.4) is 0 Å². The van der Waals surface area contributed by atoms with Crippen LogP contribution in [-0.4, -0.2) is 43.7 Å². The third-order valence-electron chi connectivity index (χ3n) is 2.73. The highest BCUT2D eigenvalue weighted by Crippen LogP contribution is 2.18. The van der Waals surface area contributed by atoms with Gasteiger partial charge in [0, 0.05) is 6.54 Å². The van der Waals surface area contributed by atoms with Crippen molar-refractivity contribution in [1.29, 1.82) is 0 Å². The van der Waals surface area contributed by atoms with E-state index >= 15 is 0 Å². The predicted octanol–water partition coefficient (Wildman–Crippen LogP) is 2.35. The van der Waals surface area contributed by atoms with Crippen LogP contribution >= 0.6 is 0 Å². The molecule has 0 amide bonds. The van der Waals surface area contributed by atoms with Crippen molar-refractivity contribution < 1.29 is 19.0 Å². The van der Waals surface area contributed by atoms with Gasteiger partial charge in [-0.3, -0.25) is 0 Å². The van der Waals surface area contributed by atoms with Crippen LogP contribution in [0, 0.1) is 12.7 Å². The van der Waals surface area contributed by atoms with Gasteiger partial charge in [0.1, 0.15) is 5.82 Å². The van der Waals surface area contributed by atoms with Gasteiger partial charge in [0.2, 0.25) is 0 Å². The molecular formula is C15H24FNO3. The second kappa shape index (κ2) is 8.89. The molecule has 0 radical (unpaired) electrons. The summed E-state index contributed by atoms with van der Waals surface area (Å²) in [6.45, 7) is 7.11. The Morgan fingerprint density at radius 3 is 2.70 bits per heavy atom. The summed E-state index contributed by atoms with van der Waals surface area (Å²) < 4.78 is 24.1. The third-order valence-corrected chi connectivity index (χ3v) is 2.73. The van der Waals surface area contributed by atoms with Gasteiger partial charge in [0.15, 0.2) is 0 Å². The Hall–Kier alpha value is -1.17. The number of nitrogens with one attached hydrogen (secondary N) is 1. The fourth-order valence-electron chi connectivity index (χ4n) is 1.70. The lowest BCUT2D eigenvalue weighted by molar-refractivity contribution is -0.00735. The third kappa shape index (κ3) is 6.32. The summed E-state index contributed by atoms with van der Waals surface area (Å²) in [7, 11) is 0. The van der Waals surface area contributed by atoms with E-state index in [2.05, 4.69) is 5.32 Å². The number of hydrogen-bond acceptors (Lipinski definition) is 4. The molecule has 1 atom stereocenters. The molecule has 1 unspecified atom stereocenters. The van der Waals surface area contributed by atoms with Crippen molar-refractivity contribution in [1.82, 2.24) is 0 Å². The fourth-order valence-corrected chi connectivity index (χ4v) is 1.70. The van der Waals surface area contributed by atoms with E-state index in [0.717, 1.165) is 5.56 Å². The average Bonchev–Trinajstić information content (AvgIpc) is 2.37. The molecule has 0 aromatic heterocycles. The Kier molecular flexibility index (Phi) is 7.51. The number of benzene rings is 1. The van der Waals surface area contributed by atoms with Crippen LogP contribution in [0.4, 0.5) is 10.1 Å². The Morgan fingerprint density at radius 1 is 1.30 bits per heavy atom. The van der Waals surface area contributed by atoms with Gasteiger partial charge in [0.25, 0.3) is 0 Å². The number of halogens is 1. The van der Waals surface area contributed by atoms with E-state index in [-0.39, 0.29) is 25.1 Å². The smallest absolute Gasteiger partial charge is 0.146 e. The molecule has 0 aliphatic carbocycles. The van der Waals surface area contributed by atoms with E-state index in [4.69, 9.17) is 9.47 Å². The summed E-state index contributed by atoms with van der Waals surface area (Å²) in [5, 5.41) is 12.7. The molecule has 0 bridgehead atoms. The molecule has 1 aromatic rings. The molecule has 0 fully saturated rings. The number of ether oxygens (including phenoxy) is 2. The molecule has 0 heterocycles. The predicted molar refractivity (Wildman–Crippen MR) is 77.5 cm³/mol. The number of anilines is 1. The molecule has 1 rings (SSSR count). The summed E-state index contributed by atoms with van der Waals surface area (Å²) in [6.07, 6.45) is -0.512. The Bertz CT molecular complexity index is 378. The summed E-state index contributed by atoms with van der Waals surface area (Å²) >= 11 is 0. The lowest BCUT2D eigenvalue weighted by Gasteiger charge is -2.15. The zero-order valence-electron chi connectivity index (χ0n) is 12.4. The van der Waals surface area contributed by atoms with Crippen molar-refractivity contribution in [3.8, 4) is 0 Å². The topological polar surface area (TPSA) is 50.7 Å². The maximum Gasteiger partial charge on any atom is 0.146 e. The molecule has 0 spiro atoms. The van der Waals surface area contributed by atoms with Crippen LogP contribution in [-0.2, 0) is 9.47 Å². The molecule has 114 valence electrons. The van der Waals surface area contributed by atoms with Crippen molar-refractivity contribution >= 4 is 5.69 Å². The van der Waals surface area contributed by atoms with Crippen LogP contribution < -0.4 is 5.32 Å². The molecule has 0 aliphatic heterocycles. The highest BCUT2D eigenvalue weighted by Gasteiger charge is 2.08. The van der Waals surface area contributed by atoms with E-state index in [0.29, 0.717) is 18.9 Å². The van der Waals surface area contributed by atoms with Gasteiger partial charge in [-0.2, -0.15) is 0 Å². The molecule has 2 N–H and O–H groups in total. The maximum absolute atomic E-state index is 13.5. The summed E-state index contributed by atoms with van der Waals surface area (Å²) in [5.41, 5.74) is 1.23. The van der Waals surface area contributed by atoms with E-state index in [1.54, 1.807) is 6.07 Å². The van der Waals surface area contributed by atoms with Crippen molar-refractivity contribution in [2.45, 2.75) is 33.0 Å². The van der Waals surface area contributed by atoms with Gasteiger partial charge >= 0.3 is 0 Å². The standard InChI is InChI=1S/C15H24FNO3/c1-11(2)20-8-7-19-10-13(18)9-17-15-12(3)5-4-6-14(15)16/h4-6,11,13,17-18H,7-10H2,1-3H3. The Balaban J connectivity index is 2.21. The first-order valence-corrected chi connectivity index (χ1v) is 6.87. The van der Waals surface area contributed by atoms with Crippen molar-refractivity contribution in [2.24, 2.45) is 0 Å². The first-order chi connectivity index (χ1) is 9.50. The number of aliphatic hydroxyl groups is 1. The van der Waals surface area contributed by atoms with Crippen LogP contribution in [0.1, 0.15) is 19.4 Å². The van der Waals surface area contributed by atoms with Gasteiger partial charge in [0.05, 0.1) is 37.7 Å². The van der Waals surface area contributed by atoms with Gasteiger partial charge in [-0.1, -0.05) is 12.1 Å². The second-order valence-corrected chi connectivity index (χ2v) is 4.96. The molecule has 0 saturated heterocycles. The first-order valence-electron chi connectivity index (χ1n) is 6.87. The lowest BCUT2D eigenvalue weighted by atomic mass is 10.2. The maximum atomic E-state index is 13.5. The largest absolute Gasteiger partial charge is 0.389 e. The van der Waals surface area contributed by atoms with Crippen molar-refractivity contribution in [3.05, 3.63) is 29.6 Å². The van der Waals surface area contributed by atoms with Crippen LogP contribution in [0.2, 0.25) is 0 Å². The fraction of sp³-hybridized carbons (Fsp3) is 0.600. The number of para-hydroxylation sites is 1. The van der Waals surface area contributed by atoms with E-state index in [1.165, 1.54) is 6.07 Å². The molecule has 20 heavy (non-hydrogen) atoms. The first kappa shape index (κ1) is 16.9. The van der Waals surface area contributed by atoms with Crippen LogP contribution in [0.5, 0.6) is 0 Å². The molecule has 1 aromatic carbocycles. The average molecular weight is 285 g/mol. The number of aryl methyl sites for hydroxylation is 1. The molecule has 5 heteroatoms. The second-order valence-electron chi connectivity index (χ2n) is 4.96. The molecule has 0 aliphatic rings. The zero-order valence-corrected chi connectivity index (χ0v) is 12.4. The number of hydrogen-bond donors (Lipinski definition) is 2. The minimum absolute atomic E-state index is 0.175. The highest BCUT2D eigenvalue weighted by atomic mass is 19.1. The van der Waals surface area contributed by atoms with Gasteiger partial charge in [-0.05, 0) is 32.4 Å². The Morgan fingerprint density at radius 2 is 2.05 bits per heavy atom. The van der Waals surface area contributed by atoms with E-state index in [1.807, 2.05) is 26.8 Å². The molecule has 4 nitrogen and oxygen atoms in total. The minimum atomic E-state index is -0.687. The summed E-state index contributed by atoms with van der Waals surface area (Å²) in [4.78, 5) is 0. The number of rotatable bonds is 9. The molecular weight excluding hydrogens is 261 g/mol. The zero-order chi connectivity index (χ0) is 15.0. The Labute approximate surface area is 119 Å². The number of aliphatic hydroxyl groups excluding tert-OH is 1. The SMILES string of the molecule is Cc1cccc(F)c1NCC(O)COCCOC(C)C. The minimum Gasteiger partial charge on any atom is -0.389 e. The van der Waals surface area contributed by atoms with Crippen LogP contribution in [0.25, 0.3) is 0 Å². The van der Waals surface area contributed by atoms with E-state index < -0.39 is 6.10 Å². The lowest BCUT2D eigenvalue weighted by Crippen LogP contribution is -2.26. The normalized spacial score (nSPS) is 12.7. The summed E-state index contributed by atoms with van der Waals surface area (Å²) in [6, 6.07) is 4.86. The molecule has 0 saturated carbocycles. The van der Waals surface area contributed by atoms with E-state index in [9.17, 15) is 9.50 Å². The van der Waals surface area contributed by atoms with Crippen LogP contribution in [0.15, 0.2) is 18.2 Å². The van der Waals surface area contributed by atoms with Gasteiger partial charge < -0.3 is 19.9 Å². The summed E-state index contributed by atoms with van der Waals surface area (Å²) in [5.74, 6) is -0.316. The van der Waals surface area contributed by atoms with Gasteiger partial charge in [-0.25, -0.2) is 4.39 Å². The monoisotopic (exact) mass is 285 g/mol. The quantitative estimate of drug-likeness (QED) is 0.684. The van der Waals surface area contributed by atoms with Crippen molar-refractivity contribution in [2.75, 3.05) is 31.7 Å². The van der Waals surface area contributed by atoms with Crippen molar-refractivity contribution in [3.63, 3.8) is 0 Å². The highest BCUT2D eigenvalue weighted by molar-refractivity contribution is 5.51.